The highest BCUT2D eigenvalue weighted by atomic mass is 32.1. The van der Waals surface area contributed by atoms with Gasteiger partial charge in [-0.1, -0.05) is 0 Å². The monoisotopic (exact) mass is 285 g/mol. The summed E-state index contributed by atoms with van der Waals surface area (Å²) >= 11 is 1.29. The van der Waals surface area contributed by atoms with Crippen molar-refractivity contribution in [2.45, 2.75) is 6.54 Å². The van der Waals surface area contributed by atoms with Gasteiger partial charge in [-0.3, -0.25) is 4.79 Å². The maximum atomic E-state index is 12.2. The molecule has 0 aliphatic carbocycles. The number of rotatable bonds is 3. The van der Waals surface area contributed by atoms with Crippen LogP contribution in [0.3, 0.4) is 0 Å². The molecule has 20 heavy (non-hydrogen) atoms. The lowest BCUT2D eigenvalue weighted by atomic mass is 10.2. The Bertz CT molecular complexity index is 756. The molecule has 0 saturated carbocycles. The number of pyridine rings is 1. The fraction of sp³-hybridized carbons (Fsp3) is 0.0769. The smallest absolute Gasteiger partial charge is 0.263 e. The molecule has 7 heteroatoms. The fourth-order valence-electron chi connectivity index (χ4n) is 1.79. The van der Waals surface area contributed by atoms with Crippen LogP contribution in [0.5, 0.6) is 0 Å². The van der Waals surface area contributed by atoms with Crippen molar-refractivity contribution in [1.82, 2.24) is 20.3 Å². The second-order valence-corrected chi connectivity index (χ2v) is 5.08. The molecular weight excluding hydrogens is 274 g/mol. The van der Waals surface area contributed by atoms with Crippen LogP contribution in [0, 0.1) is 0 Å². The van der Waals surface area contributed by atoms with Crippen LogP contribution in [-0.4, -0.2) is 20.9 Å². The van der Waals surface area contributed by atoms with Crippen molar-refractivity contribution < 1.29 is 4.79 Å². The first kappa shape index (κ1) is 12.5. The second-order valence-electron chi connectivity index (χ2n) is 4.08. The van der Waals surface area contributed by atoms with Gasteiger partial charge in [0.25, 0.3) is 5.91 Å². The normalized spacial score (nSPS) is 10.6. The minimum Gasteiger partial charge on any atom is -0.397 e. The van der Waals surface area contributed by atoms with E-state index in [0.29, 0.717) is 17.1 Å². The number of carbonyl (C=O) groups excluding carboxylic acids is 1. The van der Waals surface area contributed by atoms with E-state index < -0.39 is 0 Å². The van der Waals surface area contributed by atoms with E-state index in [1.807, 2.05) is 6.07 Å². The van der Waals surface area contributed by atoms with E-state index in [2.05, 4.69) is 20.3 Å². The molecule has 0 spiro atoms. The van der Waals surface area contributed by atoms with E-state index in [1.165, 1.54) is 17.7 Å². The van der Waals surface area contributed by atoms with Crippen LogP contribution in [0.4, 0.5) is 5.69 Å². The van der Waals surface area contributed by atoms with Crippen LogP contribution in [0.2, 0.25) is 0 Å². The average molecular weight is 285 g/mol. The number of hydrogen-bond acceptors (Lipinski definition) is 6. The number of nitrogens with two attached hydrogens (primary N) is 1. The summed E-state index contributed by atoms with van der Waals surface area (Å²) in [6, 6.07) is 5.40. The molecule has 0 aliphatic rings. The number of thiophene rings is 1. The van der Waals surface area contributed by atoms with E-state index in [4.69, 9.17) is 5.73 Å². The number of nitrogen functional groups attached to an aromatic ring is 1. The van der Waals surface area contributed by atoms with Gasteiger partial charge in [-0.2, -0.15) is 0 Å². The number of aromatic nitrogens is 3. The predicted octanol–water partition coefficient (Wildman–Crippen LogP) is 1.60. The van der Waals surface area contributed by atoms with Gasteiger partial charge in [-0.25, -0.2) is 15.0 Å². The molecule has 3 rings (SSSR count). The number of fused-ring (bicyclic) bond motifs is 1. The largest absolute Gasteiger partial charge is 0.397 e. The van der Waals surface area contributed by atoms with E-state index in [-0.39, 0.29) is 5.91 Å². The van der Waals surface area contributed by atoms with Gasteiger partial charge in [0, 0.05) is 17.8 Å². The highest BCUT2D eigenvalue weighted by molar-refractivity contribution is 7.21. The number of nitrogens with zero attached hydrogens (tertiary/aromatic N) is 3. The standard InChI is InChI=1S/C13H11N5OS/c14-10-9-2-1-4-16-13(9)20-11(10)12(19)17-6-8-3-5-15-7-18-8/h1-5,7H,6,14H2,(H,17,19). The van der Waals surface area contributed by atoms with Gasteiger partial charge in [0.1, 0.15) is 16.0 Å². The number of anilines is 1. The van der Waals surface area contributed by atoms with Gasteiger partial charge in [0.05, 0.1) is 17.9 Å². The van der Waals surface area contributed by atoms with Crippen molar-refractivity contribution in [2.75, 3.05) is 5.73 Å². The number of nitrogens with one attached hydrogen (secondary N) is 1. The minimum atomic E-state index is -0.218. The molecule has 6 nitrogen and oxygen atoms in total. The van der Waals surface area contributed by atoms with Gasteiger partial charge < -0.3 is 11.1 Å². The Morgan fingerprint density at radius 1 is 1.30 bits per heavy atom. The van der Waals surface area contributed by atoms with Crippen LogP contribution >= 0.6 is 11.3 Å². The topological polar surface area (TPSA) is 93.8 Å². The van der Waals surface area contributed by atoms with Crippen molar-refractivity contribution >= 4 is 33.1 Å². The Morgan fingerprint density at radius 3 is 2.95 bits per heavy atom. The molecule has 0 saturated heterocycles. The van der Waals surface area contributed by atoms with Crippen LogP contribution < -0.4 is 11.1 Å². The predicted molar refractivity (Wildman–Crippen MR) is 77.2 cm³/mol. The van der Waals surface area contributed by atoms with Gasteiger partial charge in [0.2, 0.25) is 0 Å². The van der Waals surface area contributed by atoms with Crippen molar-refractivity contribution in [1.29, 1.82) is 0 Å². The fourth-order valence-corrected chi connectivity index (χ4v) is 2.77. The summed E-state index contributed by atoms with van der Waals surface area (Å²) in [5.74, 6) is -0.218. The molecule has 3 N–H and O–H groups in total. The van der Waals surface area contributed by atoms with Crippen molar-refractivity contribution in [3.8, 4) is 0 Å². The minimum absolute atomic E-state index is 0.218. The van der Waals surface area contributed by atoms with E-state index in [1.54, 1.807) is 24.5 Å². The summed E-state index contributed by atoms with van der Waals surface area (Å²) in [4.78, 5) is 25.5. The first-order valence-corrected chi connectivity index (χ1v) is 6.73. The molecule has 0 fully saturated rings. The molecule has 3 aromatic rings. The molecular formula is C13H11N5OS. The maximum absolute atomic E-state index is 12.2. The summed E-state index contributed by atoms with van der Waals surface area (Å²) in [6.45, 7) is 0.336. The number of amides is 1. The lowest BCUT2D eigenvalue weighted by Crippen LogP contribution is -2.23. The Hall–Kier alpha value is -2.54. The Morgan fingerprint density at radius 2 is 2.20 bits per heavy atom. The zero-order valence-electron chi connectivity index (χ0n) is 10.4. The van der Waals surface area contributed by atoms with E-state index >= 15 is 0 Å². The Kier molecular flexibility index (Phi) is 3.26. The van der Waals surface area contributed by atoms with Crippen LogP contribution in [0.1, 0.15) is 15.4 Å². The van der Waals surface area contributed by atoms with Gasteiger partial charge >= 0.3 is 0 Å². The molecule has 0 aromatic carbocycles. The highest BCUT2D eigenvalue weighted by Crippen LogP contribution is 2.31. The third kappa shape index (κ3) is 2.30. The van der Waals surface area contributed by atoms with Gasteiger partial charge in [-0.15, -0.1) is 11.3 Å². The summed E-state index contributed by atoms with van der Waals surface area (Å²) in [5, 5.41) is 3.60. The molecule has 0 radical (unpaired) electrons. The molecule has 3 aromatic heterocycles. The molecule has 0 unspecified atom stereocenters. The van der Waals surface area contributed by atoms with Crippen molar-refractivity contribution in [3.05, 3.63) is 47.5 Å². The third-order valence-electron chi connectivity index (χ3n) is 2.78. The van der Waals surface area contributed by atoms with E-state index in [0.717, 1.165) is 15.9 Å². The molecule has 0 aliphatic heterocycles. The van der Waals surface area contributed by atoms with Gasteiger partial charge in [0.15, 0.2) is 0 Å². The lowest BCUT2D eigenvalue weighted by Gasteiger charge is -2.03. The van der Waals surface area contributed by atoms with E-state index in [9.17, 15) is 4.79 Å². The first-order chi connectivity index (χ1) is 9.75. The SMILES string of the molecule is Nc1c(C(=O)NCc2ccncn2)sc2ncccc12. The van der Waals surface area contributed by atoms with Crippen LogP contribution in [-0.2, 0) is 6.54 Å². The zero-order valence-corrected chi connectivity index (χ0v) is 11.2. The molecule has 0 bridgehead atoms. The number of carbonyl (C=O) groups is 1. The number of hydrogen-bond donors (Lipinski definition) is 2. The van der Waals surface area contributed by atoms with Crippen molar-refractivity contribution in [3.63, 3.8) is 0 Å². The Labute approximate surface area is 118 Å². The highest BCUT2D eigenvalue weighted by Gasteiger charge is 2.16. The van der Waals surface area contributed by atoms with Crippen molar-refractivity contribution in [2.24, 2.45) is 0 Å². The second kappa shape index (κ2) is 5.22. The summed E-state index contributed by atoms with van der Waals surface area (Å²) in [6.07, 6.45) is 4.76. The summed E-state index contributed by atoms with van der Waals surface area (Å²) in [7, 11) is 0. The first-order valence-electron chi connectivity index (χ1n) is 5.92. The maximum Gasteiger partial charge on any atom is 0.263 e. The summed E-state index contributed by atoms with van der Waals surface area (Å²) < 4.78 is 0. The lowest BCUT2D eigenvalue weighted by molar-refractivity contribution is 0.0955. The quantitative estimate of drug-likeness (QED) is 0.762. The third-order valence-corrected chi connectivity index (χ3v) is 3.91. The Balaban J connectivity index is 1.81. The molecule has 3 heterocycles. The van der Waals surface area contributed by atoms with Gasteiger partial charge in [-0.05, 0) is 18.2 Å². The summed E-state index contributed by atoms with van der Waals surface area (Å²) in [5.41, 5.74) is 7.21. The molecule has 0 atom stereocenters. The van der Waals surface area contributed by atoms with Crippen LogP contribution in [0.15, 0.2) is 36.9 Å². The zero-order chi connectivity index (χ0) is 13.9. The average Bonchev–Trinajstić information content (AvgIpc) is 2.84. The molecule has 100 valence electrons. The molecule has 1 amide bonds. The van der Waals surface area contributed by atoms with Crippen LogP contribution in [0.25, 0.3) is 10.2 Å².